The highest BCUT2D eigenvalue weighted by molar-refractivity contribution is 7.84. The summed E-state index contributed by atoms with van der Waals surface area (Å²) in [5.41, 5.74) is -0.0883. The largest absolute Gasteiger partial charge is 0.476 e. The Bertz CT molecular complexity index is 389. The second kappa shape index (κ2) is 5.74. The average molecular weight is 245 g/mol. The van der Waals surface area contributed by atoms with Crippen molar-refractivity contribution in [3.05, 3.63) is 11.9 Å². The molecule has 0 amide bonds. The van der Waals surface area contributed by atoms with Gasteiger partial charge in [-0.25, -0.2) is 4.79 Å². The van der Waals surface area contributed by atoms with Crippen LogP contribution in [0.15, 0.2) is 6.20 Å². The van der Waals surface area contributed by atoms with E-state index in [9.17, 15) is 9.00 Å². The molecular weight excluding hydrogens is 230 g/mol. The van der Waals surface area contributed by atoms with Crippen LogP contribution in [0.2, 0.25) is 0 Å². The Labute approximate surface area is 96.1 Å². The van der Waals surface area contributed by atoms with E-state index < -0.39 is 16.8 Å². The zero-order valence-electron chi connectivity index (χ0n) is 9.29. The first-order valence-corrected chi connectivity index (χ1v) is 6.46. The number of carbonyl (C=O) groups is 1. The Balaban J connectivity index is 2.42. The van der Waals surface area contributed by atoms with Crippen LogP contribution >= 0.6 is 0 Å². The second-order valence-corrected chi connectivity index (χ2v) is 5.50. The average Bonchev–Trinajstić information content (AvgIpc) is 2.61. The van der Waals surface area contributed by atoms with Gasteiger partial charge in [0.25, 0.3) is 0 Å². The third-order valence-electron chi connectivity index (χ3n) is 1.83. The molecule has 0 spiro atoms. The SMILES string of the molecule is CC(C)CS(=O)CCn1cc(C(=O)O)nn1. The number of aryl methyl sites for hydroxylation is 1. The number of rotatable bonds is 6. The normalized spacial score (nSPS) is 12.9. The first kappa shape index (κ1) is 12.8. The fourth-order valence-corrected chi connectivity index (χ4v) is 2.46. The van der Waals surface area contributed by atoms with Crippen molar-refractivity contribution >= 4 is 16.8 Å². The predicted molar refractivity (Wildman–Crippen MR) is 59.7 cm³/mol. The Hall–Kier alpha value is -1.24. The third-order valence-corrected chi connectivity index (χ3v) is 3.50. The van der Waals surface area contributed by atoms with Crippen LogP contribution in [0, 0.1) is 5.92 Å². The van der Waals surface area contributed by atoms with Crippen LogP contribution in [0.1, 0.15) is 24.3 Å². The maximum Gasteiger partial charge on any atom is 0.358 e. The van der Waals surface area contributed by atoms with Gasteiger partial charge in [-0.2, -0.15) is 0 Å². The molecule has 1 aromatic heterocycles. The third kappa shape index (κ3) is 4.09. The fraction of sp³-hybridized carbons (Fsp3) is 0.667. The number of aromatic carboxylic acids is 1. The molecule has 1 N–H and O–H groups in total. The molecule has 0 fully saturated rings. The molecule has 1 aromatic rings. The van der Waals surface area contributed by atoms with E-state index in [0.29, 0.717) is 24.0 Å². The lowest BCUT2D eigenvalue weighted by atomic mass is 10.3. The lowest BCUT2D eigenvalue weighted by Crippen LogP contribution is -2.13. The van der Waals surface area contributed by atoms with E-state index in [1.54, 1.807) is 0 Å². The van der Waals surface area contributed by atoms with E-state index in [2.05, 4.69) is 10.3 Å². The number of aromatic nitrogens is 3. The summed E-state index contributed by atoms with van der Waals surface area (Å²) in [6.07, 6.45) is 1.34. The van der Waals surface area contributed by atoms with Crippen LogP contribution in [0.4, 0.5) is 0 Å². The monoisotopic (exact) mass is 245 g/mol. The maximum absolute atomic E-state index is 11.5. The van der Waals surface area contributed by atoms with Crippen molar-refractivity contribution in [3.8, 4) is 0 Å². The number of nitrogens with zero attached hydrogens (tertiary/aromatic N) is 3. The molecule has 1 heterocycles. The topological polar surface area (TPSA) is 85.1 Å². The summed E-state index contributed by atoms with van der Waals surface area (Å²) in [7, 11) is -0.888. The number of hydrogen-bond donors (Lipinski definition) is 1. The Morgan fingerprint density at radius 2 is 2.31 bits per heavy atom. The molecule has 0 aliphatic heterocycles. The second-order valence-electron chi connectivity index (χ2n) is 3.88. The molecular formula is C9H15N3O3S. The van der Waals surface area contributed by atoms with Crippen LogP contribution in [0.3, 0.4) is 0 Å². The van der Waals surface area contributed by atoms with Crippen LogP contribution in [0.25, 0.3) is 0 Å². The molecule has 16 heavy (non-hydrogen) atoms. The first-order chi connectivity index (χ1) is 7.49. The molecule has 1 atom stereocenters. The van der Waals surface area contributed by atoms with Crippen LogP contribution in [-0.4, -0.2) is 41.8 Å². The summed E-state index contributed by atoms with van der Waals surface area (Å²) >= 11 is 0. The molecule has 6 nitrogen and oxygen atoms in total. The highest BCUT2D eigenvalue weighted by Gasteiger charge is 2.09. The van der Waals surface area contributed by atoms with Gasteiger partial charge in [0.05, 0.1) is 12.7 Å². The van der Waals surface area contributed by atoms with Gasteiger partial charge in [0.1, 0.15) is 0 Å². The molecule has 7 heteroatoms. The summed E-state index contributed by atoms with van der Waals surface area (Å²) in [6, 6.07) is 0. The Kier molecular flexibility index (Phi) is 4.60. The van der Waals surface area contributed by atoms with Crippen LogP contribution in [0.5, 0.6) is 0 Å². The van der Waals surface area contributed by atoms with Gasteiger partial charge >= 0.3 is 5.97 Å². The summed E-state index contributed by atoms with van der Waals surface area (Å²) in [4.78, 5) is 10.5. The van der Waals surface area contributed by atoms with Gasteiger partial charge in [-0.05, 0) is 5.92 Å². The van der Waals surface area contributed by atoms with E-state index in [4.69, 9.17) is 5.11 Å². The van der Waals surface area contributed by atoms with Crippen molar-refractivity contribution in [3.63, 3.8) is 0 Å². The van der Waals surface area contributed by atoms with E-state index in [0.717, 1.165) is 0 Å². The molecule has 0 aromatic carbocycles. The molecule has 90 valence electrons. The van der Waals surface area contributed by atoms with Gasteiger partial charge in [0.15, 0.2) is 5.69 Å². The minimum absolute atomic E-state index is 0.0883. The number of hydrogen-bond acceptors (Lipinski definition) is 4. The Morgan fingerprint density at radius 3 is 2.81 bits per heavy atom. The highest BCUT2D eigenvalue weighted by atomic mass is 32.2. The number of carboxylic acid groups (broad SMARTS) is 1. The standard InChI is InChI=1S/C9H15N3O3S/c1-7(2)6-16(15)4-3-12-5-8(9(13)14)10-11-12/h5,7H,3-4,6H2,1-2H3,(H,13,14). The fourth-order valence-electron chi connectivity index (χ4n) is 1.16. The molecule has 0 aliphatic carbocycles. The predicted octanol–water partition coefficient (Wildman–Crippen LogP) is 0.381. The molecule has 0 radical (unpaired) electrons. The summed E-state index contributed by atoms with van der Waals surface area (Å²) in [5.74, 6) is 0.418. The van der Waals surface area contributed by atoms with E-state index in [1.165, 1.54) is 10.9 Å². The molecule has 1 rings (SSSR count). The van der Waals surface area contributed by atoms with Gasteiger partial charge in [0.2, 0.25) is 0 Å². The van der Waals surface area contributed by atoms with Gasteiger partial charge in [-0.3, -0.25) is 8.89 Å². The van der Waals surface area contributed by atoms with Gasteiger partial charge in [-0.15, -0.1) is 5.10 Å². The molecule has 0 saturated carbocycles. The van der Waals surface area contributed by atoms with Crippen molar-refractivity contribution in [2.45, 2.75) is 20.4 Å². The zero-order valence-corrected chi connectivity index (χ0v) is 10.1. The Morgan fingerprint density at radius 1 is 1.62 bits per heavy atom. The summed E-state index contributed by atoms with van der Waals surface area (Å²) in [5, 5.41) is 15.7. The van der Waals surface area contributed by atoms with E-state index in [1.807, 2.05) is 13.8 Å². The van der Waals surface area contributed by atoms with Crippen molar-refractivity contribution in [1.29, 1.82) is 0 Å². The minimum atomic E-state index is -1.10. The van der Waals surface area contributed by atoms with Crippen molar-refractivity contribution in [1.82, 2.24) is 15.0 Å². The van der Waals surface area contributed by atoms with E-state index >= 15 is 0 Å². The summed E-state index contributed by atoms with van der Waals surface area (Å²) in [6.45, 7) is 4.45. The molecule has 0 bridgehead atoms. The van der Waals surface area contributed by atoms with E-state index in [-0.39, 0.29) is 5.69 Å². The molecule has 0 aliphatic rings. The van der Waals surface area contributed by atoms with Crippen molar-refractivity contribution in [2.75, 3.05) is 11.5 Å². The smallest absolute Gasteiger partial charge is 0.358 e. The summed E-state index contributed by atoms with van der Waals surface area (Å²) < 4.78 is 12.9. The zero-order chi connectivity index (χ0) is 12.1. The van der Waals surface area contributed by atoms with Gasteiger partial charge < -0.3 is 5.11 Å². The number of carboxylic acids is 1. The lowest BCUT2D eigenvalue weighted by molar-refractivity contribution is 0.0690. The van der Waals surface area contributed by atoms with Crippen LogP contribution < -0.4 is 0 Å². The molecule has 0 saturated heterocycles. The quantitative estimate of drug-likeness (QED) is 0.783. The minimum Gasteiger partial charge on any atom is -0.476 e. The van der Waals surface area contributed by atoms with Gasteiger partial charge in [0, 0.05) is 22.3 Å². The van der Waals surface area contributed by atoms with Crippen molar-refractivity contribution in [2.24, 2.45) is 5.92 Å². The maximum atomic E-state index is 11.5. The van der Waals surface area contributed by atoms with Gasteiger partial charge in [-0.1, -0.05) is 19.1 Å². The van der Waals surface area contributed by atoms with Crippen molar-refractivity contribution < 1.29 is 14.1 Å². The first-order valence-electron chi connectivity index (χ1n) is 4.97. The highest BCUT2D eigenvalue weighted by Crippen LogP contribution is 1.98. The lowest BCUT2D eigenvalue weighted by Gasteiger charge is -2.04. The molecule has 1 unspecified atom stereocenters. The van der Waals surface area contributed by atoms with Crippen LogP contribution in [-0.2, 0) is 17.3 Å².